The molecule has 0 unspecified atom stereocenters. The Kier molecular flexibility index (Phi) is 6.26. The number of Topliss-reactive ketones (excluding diaryl/α,β-unsaturated/α-hetero) is 1. The highest BCUT2D eigenvalue weighted by molar-refractivity contribution is 5.97. The van der Waals surface area contributed by atoms with Gasteiger partial charge >= 0.3 is 5.97 Å². The zero-order valence-electron chi connectivity index (χ0n) is 14.3. The number of furan rings is 1. The van der Waals surface area contributed by atoms with Crippen molar-refractivity contribution in [3.05, 3.63) is 54.0 Å². The Labute approximate surface area is 149 Å². The molecule has 2 aromatic rings. The summed E-state index contributed by atoms with van der Waals surface area (Å²) in [7, 11) is 0. The molecule has 0 aliphatic carbocycles. The molecule has 0 spiro atoms. The highest BCUT2D eigenvalue weighted by atomic mass is 16.5. The van der Waals surface area contributed by atoms with Crippen LogP contribution in [0.25, 0.3) is 0 Å². The molecule has 2 N–H and O–H groups in total. The van der Waals surface area contributed by atoms with Crippen molar-refractivity contribution in [1.29, 1.82) is 0 Å². The quantitative estimate of drug-likeness (QED) is 0.576. The zero-order valence-corrected chi connectivity index (χ0v) is 14.3. The molecule has 0 radical (unpaired) electrons. The molecule has 0 saturated heterocycles. The van der Waals surface area contributed by atoms with E-state index in [-0.39, 0.29) is 11.5 Å². The van der Waals surface area contributed by atoms with E-state index < -0.39 is 30.4 Å². The van der Waals surface area contributed by atoms with Crippen LogP contribution >= 0.6 is 0 Å². The minimum absolute atomic E-state index is 0.0672. The smallest absolute Gasteiger partial charge is 0.326 e. The van der Waals surface area contributed by atoms with Gasteiger partial charge in [0.1, 0.15) is 6.54 Å². The number of hydrogen-bond donors (Lipinski definition) is 2. The predicted octanol–water partition coefficient (Wildman–Crippen LogP) is 1.78. The van der Waals surface area contributed by atoms with E-state index in [1.54, 1.807) is 30.3 Å². The molecule has 1 atom stereocenters. The summed E-state index contributed by atoms with van der Waals surface area (Å²) in [5, 5.41) is 4.90. The first-order valence-electron chi connectivity index (χ1n) is 7.80. The molecular weight excluding hydrogens is 340 g/mol. The SMILES string of the molecule is CC(=O)c1ccc(NC(=O)[C@H](C)OC(=O)CNC(=O)c2ccco2)cc1. The van der Waals surface area contributed by atoms with Crippen LogP contribution < -0.4 is 10.6 Å². The molecule has 2 amide bonds. The van der Waals surface area contributed by atoms with Gasteiger partial charge < -0.3 is 19.8 Å². The maximum atomic E-state index is 12.0. The number of carbonyl (C=O) groups excluding carboxylic acids is 4. The number of anilines is 1. The van der Waals surface area contributed by atoms with E-state index in [9.17, 15) is 19.2 Å². The second-order valence-electron chi connectivity index (χ2n) is 5.41. The fraction of sp³-hybridized carbons (Fsp3) is 0.222. The maximum Gasteiger partial charge on any atom is 0.326 e. The van der Waals surface area contributed by atoms with Gasteiger partial charge in [0.2, 0.25) is 0 Å². The third-order valence-corrected chi connectivity index (χ3v) is 3.37. The van der Waals surface area contributed by atoms with Crippen molar-refractivity contribution in [3.8, 4) is 0 Å². The number of ether oxygens (including phenoxy) is 1. The van der Waals surface area contributed by atoms with Crippen LogP contribution in [0.4, 0.5) is 5.69 Å². The monoisotopic (exact) mass is 358 g/mol. The summed E-state index contributed by atoms with van der Waals surface area (Å²) in [5.74, 6) is -1.88. The molecular formula is C18H18N2O6. The number of amides is 2. The summed E-state index contributed by atoms with van der Waals surface area (Å²) in [6.07, 6.45) is 0.276. The fourth-order valence-corrected chi connectivity index (χ4v) is 1.97. The Bertz CT molecular complexity index is 796. The van der Waals surface area contributed by atoms with E-state index in [2.05, 4.69) is 10.6 Å². The number of carbonyl (C=O) groups is 4. The van der Waals surface area contributed by atoms with Crippen LogP contribution in [0.15, 0.2) is 47.1 Å². The molecule has 136 valence electrons. The molecule has 0 aliphatic heterocycles. The van der Waals surface area contributed by atoms with E-state index in [4.69, 9.17) is 9.15 Å². The summed E-state index contributed by atoms with van der Waals surface area (Å²) >= 11 is 0. The van der Waals surface area contributed by atoms with Crippen LogP contribution in [0.2, 0.25) is 0 Å². The Morgan fingerprint density at radius 3 is 2.38 bits per heavy atom. The summed E-state index contributed by atoms with van der Waals surface area (Å²) in [6, 6.07) is 9.31. The predicted molar refractivity (Wildman–Crippen MR) is 91.7 cm³/mol. The number of rotatable bonds is 7. The normalized spacial score (nSPS) is 11.3. The van der Waals surface area contributed by atoms with Gasteiger partial charge in [-0.2, -0.15) is 0 Å². The summed E-state index contributed by atoms with van der Waals surface area (Å²) in [6.45, 7) is 2.45. The van der Waals surface area contributed by atoms with E-state index in [1.807, 2.05) is 0 Å². The van der Waals surface area contributed by atoms with Gasteiger partial charge in [0.25, 0.3) is 11.8 Å². The molecule has 2 rings (SSSR count). The van der Waals surface area contributed by atoms with Gasteiger partial charge in [0.15, 0.2) is 17.6 Å². The van der Waals surface area contributed by atoms with E-state index >= 15 is 0 Å². The zero-order chi connectivity index (χ0) is 19.1. The minimum atomic E-state index is -1.06. The number of esters is 1. The number of hydrogen-bond acceptors (Lipinski definition) is 6. The van der Waals surface area contributed by atoms with E-state index in [1.165, 1.54) is 26.2 Å². The third-order valence-electron chi connectivity index (χ3n) is 3.37. The number of nitrogens with one attached hydrogen (secondary N) is 2. The molecule has 1 aromatic carbocycles. The molecule has 0 aliphatic rings. The Morgan fingerprint density at radius 1 is 1.12 bits per heavy atom. The van der Waals surface area contributed by atoms with Crippen molar-refractivity contribution in [1.82, 2.24) is 5.32 Å². The van der Waals surface area contributed by atoms with Crippen molar-refractivity contribution in [2.45, 2.75) is 20.0 Å². The highest BCUT2D eigenvalue weighted by Crippen LogP contribution is 2.11. The first kappa shape index (κ1) is 18.9. The second-order valence-corrected chi connectivity index (χ2v) is 5.41. The lowest BCUT2D eigenvalue weighted by atomic mass is 10.1. The molecule has 1 heterocycles. The summed E-state index contributed by atoms with van der Waals surface area (Å²) < 4.78 is 9.85. The largest absolute Gasteiger partial charge is 0.459 e. The minimum Gasteiger partial charge on any atom is -0.459 e. The fourth-order valence-electron chi connectivity index (χ4n) is 1.97. The van der Waals surface area contributed by atoms with Crippen molar-refractivity contribution < 1.29 is 28.3 Å². The molecule has 8 heteroatoms. The molecule has 0 saturated carbocycles. The topological polar surface area (TPSA) is 115 Å². The van der Waals surface area contributed by atoms with Gasteiger partial charge in [-0.05, 0) is 50.2 Å². The third kappa shape index (κ3) is 5.30. The lowest BCUT2D eigenvalue weighted by Crippen LogP contribution is -2.35. The van der Waals surface area contributed by atoms with Gasteiger partial charge in [-0.3, -0.25) is 19.2 Å². The van der Waals surface area contributed by atoms with Crippen molar-refractivity contribution >= 4 is 29.3 Å². The first-order chi connectivity index (χ1) is 12.4. The van der Waals surface area contributed by atoms with Gasteiger partial charge in [-0.25, -0.2) is 0 Å². The van der Waals surface area contributed by atoms with Crippen LogP contribution in [0, 0.1) is 0 Å². The Balaban J connectivity index is 1.79. The van der Waals surface area contributed by atoms with Crippen molar-refractivity contribution in [2.24, 2.45) is 0 Å². The average Bonchev–Trinajstić information content (AvgIpc) is 3.14. The first-order valence-corrected chi connectivity index (χ1v) is 7.80. The molecule has 26 heavy (non-hydrogen) atoms. The molecule has 0 fully saturated rings. The van der Waals surface area contributed by atoms with Crippen LogP contribution in [-0.4, -0.2) is 36.2 Å². The second kappa shape index (κ2) is 8.61. The molecule has 1 aromatic heterocycles. The van der Waals surface area contributed by atoms with Gasteiger partial charge in [-0.1, -0.05) is 0 Å². The van der Waals surface area contributed by atoms with E-state index in [0.717, 1.165) is 0 Å². The van der Waals surface area contributed by atoms with Crippen LogP contribution in [0.3, 0.4) is 0 Å². The van der Waals surface area contributed by atoms with E-state index in [0.29, 0.717) is 11.3 Å². The Morgan fingerprint density at radius 2 is 1.81 bits per heavy atom. The van der Waals surface area contributed by atoms with Crippen LogP contribution in [0.5, 0.6) is 0 Å². The number of benzene rings is 1. The highest BCUT2D eigenvalue weighted by Gasteiger charge is 2.19. The van der Waals surface area contributed by atoms with Crippen LogP contribution in [0.1, 0.15) is 34.8 Å². The summed E-state index contributed by atoms with van der Waals surface area (Å²) in [4.78, 5) is 46.6. The standard InChI is InChI=1S/C18H18N2O6/c1-11(21)13-5-7-14(8-6-13)20-17(23)12(2)26-16(22)10-19-18(24)15-4-3-9-25-15/h3-9,12H,10H2,1-2H3,(H,19,24)(H,20,23)/t12-/m0/s1. The molecule has 0 bridgehead atoms. The van der Waals surface area contributed by atoms with Crippen molar-refractivity contribution in [3.63, 3.8) is 0 Å². The van der Waals surface area contributed by atoms with Gasteiger partial charge in [0, 0.05) is 11.3 Å². The lowest BCUT2D eigenvalue weighted by molar-refractivity contribution is -0.152. The maximum absolute atomic E-state index is 12.0. The van der Waals surface area contributed by atoms with Crippen molar-refractivity contribution in [2.75, 3.05) is 11.9 Å². The average molecular weight is 358 g/mol. The van der Waals surface area contributed by atoms with Crippen LogP contribution in [-0.2, 0) is 14.3 Å². The van der Waals surface area contributed by atoms with Gasteiger partial charge in [0.05, 0.1) is 6.26 Å². The summed E-state index contributed by atoms with van der Waals surface area (Å²) in [5.41, 5.74) is 0.990. The molecule has 8 nitrogen and oxygen atoms in total. The van der Waals surface area contributed by atoms with Gasteiger partial charge in [-0.15, -0.1) is 0 Å². The Hall–Kier alpha value is -3.42. The lowest BCUT2D eigenvalue weighted by Gasteiger charge is -2.14. The number of ketones is 1.